The van der Waals surface area contributed by atoms with Crippen molar-refractivity contribution in [1.82, 2.24) is 4.90 Å². The minimum Gasteiger partial charge on any atom is -0.306 e. The Morgan fingerprint density at radius 1 is 1.00 bits per heavy atom. The van der Waals surface area contributed by atoms with Crippen LogP contribution in [0.2, 0.25) is 0 Å². The molecule has 2 bridgehead atoms. The molecule has 4 atom stereocenters. The second kappa shape index (κ2) is 2.35. The Balaban J connectivity index is 1.92. The summed E-state index contributed by atoms with van der Waals surface area (Å²) in [5.74, 6) is 3.90. The molecule has 1 heterocycles. The summed E-state index contributed by atoms with van der Waals surface area (Å²) in [6, 6.07) is 0. The molecule has 1 saturated heterocycles. The van der Waals surface area contributed by atoms with E-state index in [1.165, 1.54) is 25.9 Å². The van der Waals surface area contributed by atoms with Gasteiger partial charge in [0.2, 0.25) is 0 Å². The van der Waals surface area contributed by atoms with E-state index < -0.39 is 0 Å². The van der Waals surface area contributed by atoms with Crippen molar-refractivity contribution in [3.05, 3.63) is 12.2 Å². The number of fused-ring (bicyclic) bond motifs is 1. The molecule has 0 spiro atoms. The lowest BCUT2D eigenvalue weighted by atomic mass is 9.64. The SMILES string of the molecule is CN1CC2C3C=CC(CC3)C2C1. The summed E-state index contributed by atoms with van der Waals surface area (Å²) in [5, 5.41) is 0. The number of nitrogens with zero attached hydrogens (tertiary/aromatic N) is 1. The summed E-state index contributed by atoms with van der Waals surface area (Å²) in [5.41, 5.74) is 0. The molecule has 0 radical (unpaired) electrons. The van der Waals surface area contributed by atoms with Gasteiger partial charge in [0.25, 0.3) is 0 Å². The van der Waals surface area contributed by atoms with Crippen LogP contribution in [0.15, 0.2) is 12.2 Å². The molecule has 0 aromatic rings. The number of hydrogen-bond acceptors (Lipinski definition) is 1. The molecule has 66 valence electrons. The fourth-order valence-corrected chi connectivity index (χ4v) is 3.55. The van der Waals surface area contributed by atoms with Crippen LogP contribution in [0.1, 0.15) is 12.8 Å². The lowest BCUT2D eigenvalue weighted by Crippen LogP contribution is -2.35. The van der Waals surface area contributed by atoms with Gasteiger partial charge in [-0.05, 0) is 43.6 Å². The zero-order valence-electron chi connectivity index (χ0n) is 7.74. The van der Waals surface area contributed by atoms with Crippen LogP contribution >= 0.6 is 0 Å². The Morgan fingerprint density at radius 3 is 1.92 bits per heavy atom. The first-order chi connectivity index (χ1) is 5.84. The third kappa shape index (κ3) is 0.832. The second-order valence-electron chi connectivity index (χ2n) is 4.84. The molecule has 1 aliphatic heterocycles. The standard InChI is InChI=1S/C11H17N/c1-12-6-10-8-2-3-9(5-4-8)11(10)7-12/h2-3,8-11H,4-7H2,1H3. The highest BCUT2D eigenvalue weighted by molar-refractivity contribution is 5.12. The van der Waals surface area contributed by atoms with Crippen molar-refractivity contribution in [2.45, 2.75) is 12.8 Å². The lowest BCUT2D eigenvalue weighted by molar-refractivity contribution is 0.169. The Bertz CT molecular complexity index is 199. The van der Waals surface area contributed by atoms with E-state index >= 15 is 0 Å². The van der Waals surface area contributed by atoms with Gasteiger partial charge in [-0.3, -0.25) is 0 Å². The van der Waals surface area contributed by atoms with Gasteiger partial charge in [0.1, 0.15) is 0 Å². The third-order valence-electron chi connectivity index (χ3n) is 4.13. The molecular weight excluding hydrogens is 146 g/mol. The van der Waals surface area contributed by atoms with Gasteiger partial charge in [0.05, 0.1) is 0 Å². The van der Waals surface area contributed by atoms with Crippen LogP contribution in [0.25, 0.3) is 0 Å². The third-order valence-corrected chi connectivity index (χ3v) is 4.13. The van der Waals surface area contributed by atoms with Crippen LogP contribution in [-0.2, 0) is 0 Å². The van der Waals surface area contributed by atoms with E-state index in [0.717, 1.165) is 23.7 Å². The molecule has 1 saturated carbocycles. The first-order valence-corrected chi connectivity index (χ1v) is 5.21. The maximum absolute atomic E-state index is 2.52. The zero-order valence-corrected chi connectivity index (χ0v) is 7.74. The van der Waals surface area contributed by atoms with Crippen LogP contribution < -0.4 is 0 Å². The predicted molar refractivity (Wildman–Crippen MR) is 49.8 cm³/mol. The first-order valence-electron chi connectivity index (χ1n) is 5.21. The topological polar surface area (TPSA) is 3.24 Å². The average Bonchev–Trinajstić information content (AvgIpc) is 2.49. The van der Waals surface area contributed by atoms with Gasteiger partial charge in [-0.15, -0.1) is 0 Å². The molecule has 1 heteroatoms. The summed E-state index contributed by atoms with van der Waals surface area (Å²) >= 11 is 0. The van der Waals surface area contributed by atoms with Gasteiger partial charge in [-0.2, -0.15) is 0 Å². The van der Waals surface area contributed by atoms with E-state index in [4.69, 9.17) is 0 Å². The van der Waals surface area contributed by atoms with E-state index in [0.29, 0.717) is 0 Å². The van der Waals surface area contributed by atoms with E-state index in [2.05, 4.69) is 24.1 Å². The van der Waals surface area contributed by atoms with Crippen molar-refractivity contribution >= 4 is 0 Å². The van der Waals surface area contributed by atoms with Gasteiger partial charge in [0.15, 0.2) is 0 Å². The van der Waals surface area contributed by atoms with Gasteiger partial charge in [0, 0.05) is 13.1 Å². The molecule has 2 fully saturated rings. The number of hydrogen-bond donors (Lipinski definition) is 0. The molecule has 12 heavy (non-hydrogen) atoms. The Kier molecular flexibility index (Phi) is 1.40. The average molecular weight is 163 g/mol. The van der Waals surface area contributed by atoms with Crippen LogP contribution in [0.4, 0.5) is 0 Å². The molecule has 4 rings (SSSR count). The molecular formula is C11H17N. The molecule has 3 aliphatic carbocycles. The highest BCUT2D eigenvalue weighted by atomic mass is 15.1. The summed E-state index contributed by atoms with van der Waals surface area (Å²) in [7, 11) is 2.28. The quantitative estimate of drug-likeness (QED) is 0.492. The zero-order chi connectivity index (χ0) is 8.13. The van der Waals surface area contributed by atoms with E-state index in [1.807, 2.05) is 0 Å². The van der Waals surface area contributed by atoms with Crippen molar-refractivity contribution in [3.8, 4) is 0 Å². The molecule has 0 aromatic heterocycles. The summed E-state index contributed by atoms with van der Waals surface area (Å²) in [4.78, 5) is 2.52. The van der Waals surface area contributed by atoms with Gasteiger partial charge >= 0.3 is 0 Å². The Morgan fingerprint density at radius 2 is 1.50 bits per heavy atom. The van der Waals surface area contributed by atoms with Gasteiger partial charge in [-0.25, -0.2) is 0 Å². The molecule has 1 nitrogen and oxygen atoms in total. The Labute approximate surface area is 74.4 Å². The maximum Gasteiger partial charge on any atom is 0.00157 e. The molecule has 4 unspecified atom stereocenters. The fourth-order valence-electron chi connectivity index (χ4n) is 3.55. The van der Waals surface area contributed by atoms with Crippen molar-refractivity contribution in [3.63, 3.8) is 0 Å². The van der Waals surface area contributed by atoms with Crippen molar-refractivity contribution in [1.29, 1.82) is 0 Å². The van der Waals surface area contributed by atoms with Gasteiger partial charge < -0.3 is 4.90 Å². The van der Waals surface area contributed by atoms with E-state index in [1.54, 1.807) is 0 Å². The lowest BCUT2D eigenvalue weighted by Gasteiger charge is -2.40. The summed E-state index contributed by atoms with van der Waals surface area (Å²) in [6.45, 7) is 2.71. The monoisotopic (exact) mass is 163 g/mol. The number of likely N-dealkylation sites (tertiary alicyclic amines) is 1. The highest BCUT2D eigenvalue weighted by Crippen LogP contribution is 2.47. The van der Waals surface area contributed by atoms with Crippen LogP contribution in [-0.4, -0.2) is 25.0 Å². The fraction of sp³-hybridized carbons (Fsp3) is 0.818. The minimum atomic E-state index is 0.935. The largest absolute Gasteiger partial charge is 0.306 e. The predicted octanol–water partition coefficient (Wildman–Crippen LogP) is 1.76. The summed E-state index contributed by atoms with van der Waals surface area (Å²) in [6.07, 6.45) is 7.93. The van der Waals surface area contributed by atoms with Crippen LogP contribution in [0, 0.1) is 23.7 Å². The van der Waals surface area contributed by atoms with Crippen LogP contribution in [0.3, 0.4) is 0 Å². The Hall–Kier alpha value is -0.300. The molecule has 0 aromatic carbocycles. The van der Waals surface area contributed by atoms with Crippen LogP contribution in [0.5, 0.6) is 0 Å². The smallest absolute Gasteiger partial charge is 0.00157 e. The first kappa shape index (κ1) is 7.14. The number of rotatable bonds is 0. The summed E-state index contributed by atoms with van der Waals surface area (Å²) < 4.78 is 0. The van der Waals surface area contributed by atoms with E-state index in [9.17, 15) is 0 Å². The van der Waals surface area contributed by atoms with E-state index in [-0.39, 0.29) is 0 Å². The normalized spacial score (nSPS) is 51.4. The second-order valence-corrected chi connectivity index (χ2v) is 4.84. The molecule has 4 aliphatic rings. The van der Waals surface area contributed by atoms with Gasteiger partial charge in [-0.1, -0.05) is 12.2 Å². The minimum absolute atomic E-state index is 0.935. The number of allylic oxidation sites excluding steroid dienone is 2. The molecule has 0 N–H and O–H groups in total. The maximum atomic E-state index is 2.52. The van der Waals surface area contributed by atoms with Crippen molar-refractivity contribution < 1.29 is 0 Å². The van der Waals surface area contributed by atoms with Crippen molar-refractivity contribution in [2.75, 3.05) is 20.1 Å². The molecule has 0 amide bonds. The highest BCUT2D eigenvalue weighted by Gasteiger charge is 2.44. The van der Waals surface area contributed by atoms with Crippen molar-refractivity contribution in [2.24, 2.45) is 23.7 Å².